The molecule has 4 rings (SSSR count). The molecular formula is C24H23FN4O3. The highest BCUT2D eigenvalue weighted by Gasteiger charge is 2.21. The number of pyridine rings is 2. The fourth-order valence-electron chi connectivity index (χ4n) is 3.64. The van der Waals surface area contributed by atoms with E-state index in [2.05, 4.69) is 20.3 Å². The maximum absolute atomic E-state index is 13.2. The largest absolute Gasteiger partial charge is 0.495 e. The molecular weight excluding hydrogens is 411 g/mol. The van der Waals surface area contributed by atoms with Crippen molar-refractivity contribution in [3.05, 3.63) is 88.8 Å². The van der Waals surface area contributed by atoms with Crippen LogP contribution in [0.25, 0.3) is 0 Å². The summed E-state index contributed by atoms with van der Waals surface area (Å²) in [4.78, 5) is 25.9. The predicted molar refractivity (Wildman–Crippen MR) is 117 cm³/mol. The van der Waals surface area contributed by atoms with Gasteiger partial charge in [-0.15, -0.1) is 0 Å². The Balaban J connectivity index is 1.45. The summed E-state index contributed by atoms with van der Waals surface area (Å²) in [5.74, 6) is 0.136. The van der Waals surface area contributed by atoms with E-state index < -0.39 is 0 Å². The van der Waals surface area contributed by atoms with Gasteiger partial charge in [0.2, 0.25) is 5.91 Å². The van der Waals surface area contributed by atoms with Gasteiger partial charge in [-0.25, -0.2) is 4.39 Å². The third-order valence-corrected chi connectivity index (χ3v) is 5.21. The molecule has 164 valence electrons. The van der Waals surface area contributed by atoms with E-state index in [-0.39, 0.29) is 30.8 Å². The molecule has 0 unspecified atom stereocenters. The van der Waals surface area contributed by atoms with E-state index in [1.165, 1.54) is 12.1 Å². The lowest BCUT2D eigenvalue weighted by atomic mass is 10.0. The molecule has 1 aliphatic rings. The molecule has 32 heavy (non-hydrogen) atoms. The molecule has 1 amide bonds. The van der Waals surface area contributed by atoms with Gasteiger partial charge in [-0.3, -0.25) is 19.8 Å². The predicted octanol–water partition coefficient (Wildman–Crippen LogP) is 3.02. The van der Waals surface area contributed by atoms with Crippen LogP contribution < -0.4 is 10.1 Å². The van der Waals surface area contributed by atoms with E-state index in [4.69, 9.17) is 9.47 Å². The topological polar surface area (TPSA) is 85.7 Å². The third-order valence-electron chi connectivity index (χ3n) is 5.21. The summed E-state index contributed by atoms with van der Waals surface area (Å²) in [6.07, 6.45) is 5.24. The van der Waals surface area contributed by atoms with Crippen molar-refractivity contribution in [1.82, 2.24) is 15.3 Å². The van der Waals surface area contributed by atoms with Crippen molar-refractivity contribution in [2.24, 2.45) is 4.99 Å². The fraction of sp³-hybridized carbons (Fsp3) is 0.250. The molecule has 1 N–H and O–H groups in total. The van der Waals surface area contributed by atoms with Crippen LogP contribution in [-0.4, -0.2) is 42.4 Å². The summed E-state index contributed by atoms with van der Waals surface area (Å²) in [5.41, 5.74) is 5.02. The van der Waals surface area contributed by atoms with E-state index in [0.29, 0.717) is 18.0 Å². The van der Waals surface area contributed by atoms with Crippen LogP contribution in [0.5, 0.6) is 5.75 Å². The highest BCUT2D eigenvalue weighted by molar-refractivity contribution is 6.15. The molecule has 0 saturated carbocycles. The van der Waals surface area contributed by atoms with Gasteiger partial charge in [0.05, 0.1) is 50.3 Å². The molecule has 3 heterocycles. The SMILES string of the molecule is COC[C@@H](NC(=O)Cc1cc2c(cn1)C(c1cncc(OC)c1)=NC2)c1ccc(F)cc1. The minimum absolute atomic E-state index is 0.116. The zero-order valence-electron chi connectivity index (χ0n) is 17.8. The molecule has 1 atom stereocenters. The minimum atomic E-state index is -0.377. The van der Waals surface area contributed by atoms with Gasteiger partial charge in [0.25, 0.3) is 0 Å². The van der Waals surface area contributed by atoms with Gasteiger partial charge in [-0.2, -0.15) is 0 Å². The Kier molecular flexibility index (Phi) is 6.51. The maximum atomic E-state index is 13.2. The number of rotatable bonds is 8. The van der Waals surface area contributed by atoms with Crippen LogP contribution in [0.1, 0.15) is 34.0 Å². The first-order valence-corrected chi connectivity index (χ1v) is 10.1. The lowest BCUT2D eigenvalue weighted by molar-refractivity contribution is -0.121. The van der Waals surface area contributed by atoms with Gasteiger partial charge in [0.1, 0.15) is 11.6 Å². The Bertz CT molecular complexity index is 1150. The number of methoxy groups -OCH3 is 2. The van der Waals surface area contributed by atoms with Crippen molar-refractivity contribution in [1.29, 1.82) is 0 Å². The smallest absolute Gasteiger partial charge is 0.226 e. The number of amides is 1. The van der Waals surface area contributed by atoms with Gasteiger partial charge < -0.3 is 14.8 Å². The van der Waals surface area contributed by atoms with Crippen LogP contribution >= 0.6 is 0 Å². The van der Waals surface area contributed by atoms with E-state index >= 15 is 0 Å². The van der Waals surface area contributed by atoms with E-state index in [1.807, 2.05) is 12.1 Å². The number of aromatic nitrogens is 2. The highest BCUT2D eigenvalue weighted by Crippen LogP contribution is 2.24. The summed E-state index contributed by atoms with van der Waals surface area (Å²) in [7, 11) is 3.15. The summed E-state index contributed by atoms with van der Waals surface area (Å²) >= 11 is 0. The third kappa shape index (κ3) is 4.81. The molecule has 0 bridgehead atoms. The molecule has 1 aromatic carbocycles. The summed E-state index contributed by atoms with van der Waals surface area (Å²) in [6.45, 7) is 0.793. The van der Waals surface area contributed by atoms with Gasteiger partial charge in [-0.05, 0) is 35.4 Å². The number of carbonyl (C=O) groups excluding carboxylic acids is 1. The molecule has 0 spiro atoms. The standard InChI is InChI=1S/C24H23FN4O3/c1-31-14-22(15-3-5-18(25)6-4-15)29-23(30)9-19-7-16-11-28-24(21(16)13-27-19)17-8-20(32-2)12-26-10-17/h3-8,10,12-13,22H,9,11,14H2,1-2H3,(H,29,30)/t22-/m1/s1. The van der Waals surface area contributed by atoms with Crippen molar-refractivity contribution in [3.63, 3.8) is 0 Å². The first kappa shape index (κ1) is 21.6. The Morgan fingerprint density at radius 1 is 1.16 bits per heavy atom. The quantitative estimate of drug-likeness (QED) is 0.589. The van der Waals surface area contributed by atoms with Crippen molar-refractivity contribution >= 4 is 11.6 Å². The van der Waals surface area contributed by atoms with E-state index in [9.17, 15) is 9.18 Å². The van der Waals surface area contributed by atoms with Crippen molar-refractivity contribution in [3.8, 4) is 5.75 Å². The lowest BCUT2D eigenvalue weighted by Crippen LogP contribution is -2.32. The molecule has 1 aliphatic heterocycles. The number of aliphatic imine (C=N–C) groups is 1. The summed E-state index contributed by atoms with van der Waals surface area (Å²) in [5, 5.41) is 2.94. The normalized spacial score (nSPS) is 13.3. The van der Waals surface area contributed by atoms with Gasteiger partial charge in [0.15, 0.2) is 0 Å². The second-order valence-corrected chi connectivity index (χ2v) is 7.41. The Labute approximate surface area is 185 Å². The van der Waals surface area contributed by atoms with E-state index in [1.54, 1.807) is 44.9 Å². The van der Waals surface area contributed by atoms with Crippen molar-refractivity contribution < 1.29 is 18.7 Å². The first-order valence-electron chi connectivity index (χ1n) is 10.1. The van der Waals surface area contributed by atoms with Crippen molar-refractivity contribution in [2.45, 2.75) is 19.0 Å². The van der Waals surface area contributed by atoms with E-state index in [0.717, 1.165) is 28.0 Å². The van der Waals surface area contributed by atoms with Crippen LogP contribution in [0.15, 0.2) is 60.0 Å². The zero-order valence-corrected chi connectivity index (χ0v) is 17.8. The highest BCUT2D eigenvalue weighted by atomic mass is 19.1. The number of benzene rings is 1. The first-order chi connectivity index (χ1) is 15.6. The van der Waals surface area contributed by atoms with Crippen LogP contribution in [0.4, 0.5) is 4.39 Å². The maximum Gasteiger partial charge on any atom is 0.226 e. The van der Waals surface area contributed by atoms with Gasteiger partial charge in [-0.1, -0.05) is 12.1 Å². The van der Waals surface area contributed by atoms with Crippen molar-refractivity contribution in [2.75, 3.05) is 20.8 Å². The van der Waals surface area contributed by atoms with Gasteiger partial charge in [0, 0.05) is 30.6 Å². The number of nitrogens with one attached hydrogen (secondary N) is 1. The second-order valence-electron chi connectivity index (χ2n) is 7.41. The lowest BCUT2D eigenvalue weighted by Gasteiger charge is -2.18. The number of halogens is 1. The van der Waals surface area contributed by atoms with Crippen LogP contribution in [0.3, 0.4) is 0 Å². The molecule has 0 fully saturated rings. The Morgan fingerprint density at radius 3 is 2.72 bits per heavy atom. The second kappa shape index (κ2) is 9.65. The molecule has 0 saturated heterocycles. The van der Waals surface area contributed by atoms with Crippen LogP contribution in [-0.2, 0) is 22.5 Å². The Hall–Kier alpha value is -3.65. The number of fused-ring (bicyclic) bond motifs is 1. The van der Waals surface area contributed by atoms with Gasteiger partial charge >= 0.3 is 0 Å². The number of ether oxygens (including phenoxy) is 2. The average molecular weight is 434 g/mol. The van der Waals surface area contributed by atoms with Crippen LogP contribution in [0.2, 0.25) is 0 Å². The molecule has 8 heteroatoms. The minimum Gasteiger partial charge on any atom is -0.495 e. The summed E-state index contributed by atoms with van der Waals surface area (Å²) in [6, 6.07) is 9.41. The zero-order chi connectivity index (χ0) is 22.5. The molecule has 7 nitrogen and oxygen atoms in total. The number of nitrogens with zero attached hydrogens (tertiary/aromatic N) is 3. The summed E-state index contributed by atoms with van der Waals surface area (Å²) < 4.78 is 23.7. The average Bonchev–Trinajstić information content (AvgIpc) is 3.22. The molecule has 2 aromatic heterocycles. The Morgan fingerprint density at radius 2 is 1.97 bits per heavy atom. The molecule has 0 radical (unpaired) electrons. The number of hydrogen-bond acceptors (Lipinski definition) is 6. The number of hydrogen-bond donors (Lipinski definition) is 1. The monoisotopic (exact) mass is 434 g/mol. The number of carbonyl (C=O) groups is 1. The molecule has 0 aliphatic carbocycles. The van der Waals surface area contributed by atoms with Crippen LogP contribution in [0, 0.1) is 5.82 Å². The fourth-order valence-corrected chi connectivity index (χ4v) is 3.64. The molecule has 3 aromatic rings.